The van der Waals surface area contributed by atoms with Crippen molar-refractivity contribution in [1.82, 2.24) is 0 Å². The van der Waals surface area contributed by atoms with E-state index in [4.69, 9.17) is 10.8 Å². The minimum absolute atomic E-state index is 0.193. The van der Waals surface area contributed by atoms with E-state index in [2.05, 4.69) is 6.92 Å². The Kier molecular flexibility index (Phi) is 15.4. The predicted octanol–water partition coefficient (Wildman–Crippen LogP) is 1.71. The van der Waals surface area contributed by atoms with Crippen LogP contribution < -0.4 is 5.73 Å². The summed E-state index contributed by atoms with van der Waals surface area (Å²) in [5.41, 5.74) is 5.22. The molecular formula is C20H39NO6. The molecule has 0 aromatic rings. The van der Waals surface area contributed by atoms with E-state index < -0.39 is 30.3 Å². The predicted molar refractivity (Wildman–Crippen MR) is 105 cm³/mol. The molecule has 0 fully saturated rings. The Labute approximate surface area is 162 Å². The fraction of sp³-hybridized carbons (Fsp3) is 0.850. The van der Waals surface area contributed by atoms with Gasteiger partial charge in [-0.15, -0.1) is 0 Å². The zero-order valence-electron chi connectivity index (χ0n) is 16.5. The Morgan fingerprint density at radius 2 is 1.44 bits per heavy atom. The van der Waals surface area contributed by atoms with Crippen LogP contribution in [0.2, 0.25) is 0 Å². The molecule has 0 aliphatic rings. The molecule has 0 amide bonds. The Morgan fingerprint density at radius 3 is 2.00 bits per heavy atom. The molecule has 0 rings (SSSR count). The maximum absolute atomic E-state index is 10.7. The van der Waals surface area contributed by atoms with E-state index >= 15 is 0 Å². The summed E-state index contributed by atoms with van der Waals surface area (Å²) in [5.74, 6) is -1.44. The van der Waals surface area contributed by atoms with E-state index in [1.54, 1.807) is 6.08 Å². The van der Waals surface area contributed by atoms with E-state index in [0.717, 1.165) is 44.9 Å². The molecule has 0 radical (unpaired) electrons. The summed E-state index contributed by atoms with van der Waals surface area (Å²) >= 11 is 0. The number of carboxylic acids is 1. The summed E-state index contributed by atoms with van der Waals surface area (Å²) in [5, 5.41) is 47.6. The van der Waals surface area contributed by atoms with Crippen LogP contribution in [0.1, 0.15) is 77.6 Å². The Hall–Kier alpha value is -0.990. The third-order valence-corrected chi connectivity index (χ3v) is 4.74. The van der Waals surface area contributed by atoms with Gasteiger partial charge in [0.05, 0.1) is 6.10 Å². The van der Waals surface area contributed by atoms with Crippen LogP contribution in [-0.4, -0.2) is 62.0 Å². The van der Waals surface area contributed by atoms with Gasteiger partial charge in [-0.2, -0.15) is 0 Å². The lowest BCUT2D eigenvalue weighted by Gasteiger charge is -2.23. The number of unbranched alkanes of at least 4 members (excludes halogenated alkanes) is 7. The minimum atomic E-state index is -1.74. The molecule has 0 saturated heterocycles. The standard InChI is InChI=1S/C20H39NO6/c1-2-3-4-9-12-15(22)13-10-7-5-6-8-11-14-16(23)18(24)19(25)17(21)20(26)27/h11,14-19,22-25H,2-10,12-13,21H2,1H3,(H,26,27)/b14-11+/t15?,16-,17-,18+,19+/m0/s1. The summed E-state index contributed by atoms with van der Waals surface area (Å²) in [7, 11) is 0. The van der Waals surface area contributed by atoms with Crippen molar-refractivity contribution in [1.29, 1.82) is 0 Å². The molecule has 0 spiro atoms. The van der Waals surface area contributed by atoms with Crippen molar-refractivity contribution in [2.24, 2.45) is 5.73 Å². The molecule has 0 aliphatic heterocycles. The highest BCUT2D eigenvalue weighted by Gasteiger charge is 2.32. The molecule has 7 N–H and O–H groups in total. The SMILES string of the molecule is CCCCCCC(O)CCCCCC/C=C/[C@H](O)[C@@H](O)[C@H](O)[C@H](N)C(=O)O. The molecule has 5 atom stereocenters. The average molecular weight is 390 g/mol. The van der Waals surface area contributed by atoms with Crippen molar-refractivity contribution in [2.75, 3.05) is 0 Å². The molecule has 0 heterocycles. The summed E-state index contributed by atoms with van der Waals surface area (Å²) in [6.45, 7) is 2.17. The summed E-state index contributed by atoms with van der Waals surface area (Å²) < 4.78 is 0. The zero-order chi connectivity index (χ0) is 20.7. The van der Waals surface area contributed by atoms with Gasteiger partial charge in [-0.25, -0.2) is 0 Å². The number of aliphatic carboxylic acids is 1. The average Bonchev–Trinajstić information content (AvgIpc) is 2.65. The zero-order valence-corrected chi connectivity index (χ0v) is 16.5. The lowest BCUT2D eigenvalue weighted by molar-refractivity contribution is -0.145. The lowest BCUT2D eigenvalue weighted by Crippen LogP contribution is -2.51. The molecule has 160 valence electrons. The van der Waals surface area contributed by atoms with Gasteiger partial charge in [-0.3, -0.25) is 4.79 Å². The normalized spacial score (nSPS) is 17.6. The third-order valence-electron chi connectivity index (χ3n) is 4.74. The van der Waals surface area contributed by atoms with Crippen LogP contribution in [-0.2, 0) is 4.79 Å². The Bertz CT molecular complexity index is 404. The first-order valence-corrected chi connectivity index (χ1v) is 10.2. The van der Waals surface area contributed by atoms with Crippen LogP contribution in [0.25, 0.3) is 0 Å². The number of aliphatic hydroxyl groups excluding tert-OH is 4. The number of carboxylic acid groups (broad SMARTS) is 1. The number of hydrogen-bond donors (Lipinski definition) is 6. The number of carbonyl (C=O) groups is 1. The fourth-order valence-electron chi connectivity index (χ4n) is 2.86. The monoisotopic (exact) mass is 389 g/mol. The number of hydrogen-bond acceptors (Lipinski definition) is 6. The molecule has 0 bridgehead atoms. The second-order valence-corrected chi connectivity index (χ2v) is 7.26. The van der Waals surface area contributed by atoms with Crippen LogP contribution in [0.4, 0.5) is 0 Å². The van der Waals surface area contributed by atoms with Crippen LogP contribution in [0.5, 0.6) is 0 Å². The van der Waals surface area contributed by atoms with E-state index in [0.29, 0.717) is 6.42 Å². The van der Waals surface area contributed by atoms with Gasteiger partial charge in [-0.1, -0.05) is 64.0 Å². The summed E-state index contributed by atoms with van der Waals surface area (Å²) in [6.07, 6.45) is 9.25. The van der Waals surface area contributed by atoms with Gasteiger partial charge < -0.3 is 31.3 Å². The van der Waals surface area contributed by atoms with E-state index in [1.807, 2.05) is 0 Å². The van der Waals surface area contributed by atoms with Crippen LogP contribution in [0, 0.1) is 0 Å². The van der Waals surface area contributed by atoms with Crippen molar-refractivity contribution in [3.05, 3.63) is 12.2 Å². The Morgan fingerprint density at radius 1 is 0.889 bits per heavy atom. The van der Waals surface area contributed by atoms with Gasteiger partial charge in [-0.05, 0) is 25.7 Å². The van der Waals surface area contributed by atoms with Crippen molar-refractivity contribution in [3.8, 4) is 0 Å². The van der Waals surface area contributed by atoms with Gasteiger partial charge in [0, 0.05) is 0 Å². The second kappa shape index (κ2) is 16.0. The van der Waals surface area contributed by atoms with Crippen molar-refractivity contribution < 1.29 is 30.3 Å². The van der Waals surface area contributed by atoms with Crippen LogP contribution >= 0.6 is 0 Å². The number of rotatable bonds is 17. The highest BCUT2D eigenvalue weighted by molar-refractivity contribution is 5.74. The fourth-order valence-corrected chi connectivity index (χ4v) is 2.86. The van der Waals surface area contributed by atoms with Gasteiger partial charge in [0.1, 0.15) is 24.4 Å². The molecular weight excluding hydrogens is 350 g/mol. The highest BCUT2D eigenvalue weighted by atomic mass is 16.4. The van der Waals surface area contributed by atoms with Crippen molar-refractivity contribution >= 4 is 5.97 Å². The largest absolute Gasteiger partial charge is 0.480 e. The Balaban J connectivity index is 3.75. The molecule has 7 heteroatoms. The third kappa shape index (κ3) is 12.9. The molecule has 0 aliphatic carbocycles. The number of aliphatic hydroxyl groups is 4. The molecule has 0 aromatic heterocycles. The smallest absolute Gasteiger partial charge is 0.323 e. The molecule has 0 aromatic carbocycles. The second-order valence-electron chi connectivity index (χ2n) is 7.26. The van der Waals surface area contributed by atoms with Gasteiger partial charge in [0.2, 0.25) is 0 Å². The number of allylic oxidation sites excluding steroid dienone is 1. The van der Waals surface area contributed by atoms with Gasteiger partial charge >= 0.3 is 5.97 Å². The lowest BCUT2D eigenvalue weighted by atomic mass is 10.0. The first-order valence-electron chi connectivity index (χ1n) is 10.2. The van der Waals surface area contributed by atoms with Crippen LogP contribution in [0.3, 0.4) is 0 Å². The molecule has 27 heavy (non-hydrogen) atoms. The maximum atomic E-state index is 10.7. The molecule has 1 unspecified atom stereocenters. The van der Waals surface area contributed by atoms with E-state index in [-0.39, 0.29) is 6.10 Å². The van der Waals surface area contributed by atoms with E-state index in [1.165, 1.54) is 25.3 Å². The minimum Gasteiger partial charge on any atom is -0.480 e. The highest BCUT2D eigenvalue weighted by Crippen LogP contribution is 2.13. The van der Waals surface area contributed by atoms with E-state index in [9.17, 15) is 25.2 Å². The van der Waals surface area contributed by atoms with Gasteiger partial charge in [0.15, 0.2) is 0 Å². The van der Waals surface area contributed by atoms with Crippen molar-refractivity contribution in [3.63, 3.8) is 0 Å². The number of nitrogens with two attached hydrogens (primary N) is 1. The van der Waals surface area contributed by atoms with Crippen molar-refractivity contribution in [2.45, 2.75) is 108 Å². The van der Waals surface area contributed by atoms with Gasteiger partial charge in [0.25, 0.3) is 0 Å². The topological polar surface area (TPSA) is 144 Å². The maximum Gasteiger partial charge on any atom is 0.323 e. The first kappa shape index (κ1) is 26.0. The first-order chi connectivity index (χ1) is 12.8. The summed E-state index contributed by atoms with van der Waals surface area (Å²) in [6, 6.07) is -1.65. The molecule has 0 saturated carbocycles. The quantitative estimate of drug-likeness (QED) is 0.164. The summed E-state index contributed by atoms with van der Waals surface area (Å²) in [4.78, 5) is 10.7. The van der Waals surface area contributed by atoms with Crippen LogP contribution in [0.15, 0.2) is 12.2 Å². The molecule has 7 nitrogen and oxygen atoms in total.